The van der Waals surface area contributed by atoms with Crippen LogP contribution < -0.4 is 10.1 Å². The Hall–Kier alpha value is -1.59. The molecule has 0 aliphatic heterocycles. The first-order valence-corrected chi connectivity index (χ1v) is 7.00. The molecule has 1 aromatic heterocycles. The predicted molar refractivity (Wildman–Crippen MR) is 81.1 cm³/mol. The number of amides is 1. The van der Waals surface area contributed by atoms with E-state index >= 15 is 0 Å². The third-order valence-corrected chi connectivity index (χ3v) is 3.48. The van der Waals surface area contributed by atoms with Crippen molar-refractivity contribution in [2.75, 3.05) is 7.11 Å². The van der Waals surface area contributed by atoms with Gasteiger partial charge < -0.3 is 10.1 Å². The van der Waals surface area contributed by atoms with Crippen LogP contribution in [0.25, 0.3) is 0 Å². The minimum absolute atomic E-state index is 0.248. The zero-order valence-electron chi connectivity index (χ0n) is 10.7. The number of methoxy groups -OCH3 is 1. The molecule has 104 valence electrons. The molecule has 0 atom stereocenters. The molecule has 0 spiro atoms. The molecule has 0 aliphatic carbocycles. The van der Waals surface area contributed by atoms with E-state index < -0.39 is 0 Å². The Kier molecular flexibility index (Phi) is 4.98. The van der Waals surface area contributed by atoms with Crippen LogP contribution >= 0.6 is 27.5 Å². The molecule has 1 aromatic carbocycles. The molecule has 1 amide bonds. The van der Waals surface area contributed by atoms with Gasteiger partial charge in [0.15, 0.2) is 0 Å². The van der Waals surface area contributed by atoms with Gasteiger partial charge in [0.05, 0.1) is 17.7 Å². The van der Waals surface area contributed by atoms with Gasteiger partial charge in [-0.05, 0) is 24.3 Å². The number of hydrogen-bond donors (Lipinski definition) is 1. The summed E-state index contributed by atoms with van der Waals surface area (Å²) >= 11 is 9.33. The molecule has 20 heavy (non-hydrogen) atoms. The lowest BCUT2D eigenvalue weighted by Crippen LogP contribution is -2.23. The summed E-state index contributed by atoms with van der Waals surface area (Å²) in [5, 5.41) is 3.20. The van der Waals surface area contributed by atoms with Crippen molar-refractivity contribution in [3.63, 3.8) is 0 Å². The summed E-state index contributed by atoms with van der Waals surface area (Å²) in [7, 11) is 1.54. The summed E-state index contributed by atoms with van der Waals surface area (Å²) in [5.74, 6) is 0.246. The second kappa shape index (κ2) is 6.72. The van der Waals surface area contributed by atoms with Gasteiger partial charge >= 0.3 is 0 Å². The summed E-state index contributed by atoms with van der Waals surface area (Å²) < 4.78 is 5.93. The topological polar surface area (TPSA) is 51.2 Å². The predicted octanol–water partition coefficient (Wildman–Crippen LogP) is 3.44. The van der Waals surface area contributed by atoms with Gasteiger partial charge in [0.1, 0.15) is 0 Å². The number of benzene rings is 1. The van der Waals surface area contributed by atoms with Gasteiger partial charge in [0, 0.05) is 22.8 Å². The van der Waals surface area contributed by atoms with E-state index in [1.807, 2.05) is 6.07 Å². The van der Waals surface area contributed by atoms with Gasteiger partial charge in [-0.3, -0.25) is 4.79 Å². The second-order valence-corrected chi connectivity index (χ2v) is 5.30. The largest absolute Gasteiger partial charge is 0.481 e. The lowest BCUT2D eigenvalue weighted by atomic mass is 10.2. The molecule has 0 aliphatic rings. The Morgan fingerprint density at radius 2 is 2.25 bits per heavy atom. The maximum Gasteiger partial charge on any atom is 0.253 e. The maximum atomic E-state index is 12.1. The lowest BCUT2D eigenvalue weighted by Gasteiger charge is -2.09. The number of halogens is 2. The van der Waals surface area contributed by atoms with Crippen LogP contribution in [0.2, 0.25) is 5.02 Å². The minimum atomic E-state index is -0.248. The van der Waals surface area contributed by atoms with Gasteiger partial charge in [-0.25, -0.2) is 4.98 Å². The van der Waals surface area contributed by atoms with Crippen molar-refractivity contribution in [1.29, 1.82) is 0 Å². The highest BCUT2D eigenvalue weighted by Gasteiger charge is 2.12. The normalized spacial score (nSPS) is 10.2. The number of pyridine rings is 1. The van der Waals surface area contributed by atoms with Gasteiger partial charge in [0.2, 0.25) is 5.88 Å². The number of ether oxygens (including phenoxy) is 1. The highest BCUT2D eigenvalue weighted by atomic mass is 79.9. The number of carbonyl (C=O) groups excluding carboxylic acids is 1. The van der Waals surface area contributed by atoms with Gasteiger partial charge in [-0.1, -0.05) is 33.6 Å². The summed E-state index contributed by atoms with van der Waals surface area (Å²) in [6.07, 6.45) is 1.63. The van der Waals surface area contributed by atoms with Crippen molar-refractivity contribution in [2.24, 2.45) is 0 Å². The van der Waals surface area contributed by atoms with E-state index in [1.54, 1.807) is 37.6 Å². The molecule has 4 nitrogen and oxygen atoms in total. The van der Waals surface area contributed by atoms with Crippen molar-refractivity contribution >= 4 is 33.4 Å². The van der Waals surface area contributed by atoms with Crippen LogP contribution in [-0.4, -0.2) is 18.0 Å². The van der Waals surface area contributed by atoms with E-state index in [9.17, 15) is 4.79 Å². The minimum Gasteiger partial charge on any atom is -0.481 e. The molecular weight excluding hydrogens is 344 g/mol. The molecule has 0 saturated heterocycles. The number of nitrogens with one attached hydrogen (secondary N) is 1. The number of rotatable bonds is 4. The first kappa shape index (κ1) is 14.8. The second-order valence-electron chi connectivity index (χ2n) is 3.98. The van der Waals surface area contributed by atoms with Gasteiger partial charge in [-0.2, -0.15) is 0 Å². The average Bonchev–Trinajstić information content (AvgIpc) is 2.47. The SMILES string of the molecule is COc1ncccc1CNC(=O)c1cc(Br)ccc1Cl. The van der Waals surface area contributed by atoms with Crippen molar-refractivity contribution in [3.05, 3.63) is 57.2 Å². The van der Waals surface area contributed by atoms with Crippen LogP contribution in [-0.2, 0) is 6.54 Å². The fraction of sp³-hybridized carbons (Fsp3) is 0.143. The molecule has 2 rings (SSSR count). The number of hydrogen-bond acceptors (Lipinski definition) is 3. The van der Waals surface area contributed by atoms with Crippen molar-refractivity contribution in [3.8, 4) is 5.88 Å². The van der Waals surface area contributed by atoms with Crippen LogP contribution in [0.1, 0.15) is 15.9 Å². The Labute approximate surface area is 130 Å². The fourth-order valence-corrected chi connectivity index (χ4v) is 2.25. The molecule has 1 heterocycles. The van der Waals surface area contributed by atoms with Crippen LogP contribution in [0.3, 0.4) is 0 Å². The highest BCUT2D eigenvalue weighted by Crippen LogP contribution is 2.21. The Morgan fingerprint density at radius 3 is 3.00 bits per heavy atom. The van der Waals surface area contributed by atoms with Crippen molar-refractivity contribution in [1.82, 2.24) is 10.3 Å². The van der Waals surface area contributed by atoms with Crippen molar-refractivity contribution in [2.45, 2.75) is 6.54 Å². The molecule has 0 radical (unpaired) electrons. The van der Waals surface area contributed by atoms with Crippen molar-refractivity contribution < 1.29 is 9.53 Å². The maximum absolute atomic E-state index is 12.1. The number of carbonyl (C=O) groups is 1. The number of nitrogens with zero attached hydrogens (tertiary/aromatic N) is 1. The Bertz CT molecular complexity index is 634. The summed E-state index contributed by atoms with van der Waals surface area (Å²) in [6, 6.07) is 8.76. The molecule has 0 saturated carbocycles. The molecule has 2 aromatic rings. The Balaban J connectivity index is 2.11. The molecule has 0 fully saturated rings. The first-order chi connectivity index (χ1) is 9.61. The van der Waals surface area contributed by atoms with E-state index in [2.05, 4.69) is 26.2 Å². The average molecular weight is 356 g/mol. The van der Waals surface area contributed by atoms with Crippen LogP contribution in [0, 0.1) is 0 Å². The van der Waals surface area contributed by atoms with E-state index in [-0.39, 0.29) is 5.91 Å². The Morgan fingerprint density at radius 1 is 1.45 bits per heavy atom. The van der Waals surface area contributed by atoms with Crippen LogP contribution in [0.4, 0.5) is 0 Å². The molecule has 0 unspecified atom stereocenters. The quantitative estimate of drug-likeness (QED) is 0.914. The van der Waals surface area contributed by atoms with E-state index in [0.29, 0.717) is 23.0 Å². The fourth-order valence-electron chi connectivity index (χ4n) is 1.68. The standard InChI is InChI=1S/C14H12BrClN2O2/c1-20-14-9(3-2-6-17-14)8-18-13(19)11-7-10(15)4-5-12(11)16/h2-7H,8H2,1H3,(H,18,19). The smallest absolute Gasteiger partial charge is 0.253 e. The highest BCUT2D eigenvalue weighted by molar-refractivity contribution is 9.10. The lowest BCUT2D eigenvalue weighted by molar-refractivity contribution is 0.0950. The summed E-state index contributed by atoms with van der Waals surface area (Å²) in [4.78, 5) is 16.2. The molecule has 6 heteroatoms. The summed E-state index contributed by atoms with van der Waals surface area (Å²) in [5.41, 5.74) is 1.22. The van der Waals surface area contributed by atoms with Crippen LogP contribution in [0.15, 0.2) is 41.0 Å². The monoisotopic (exact) mass is 354 g/mol. The number of aromatic nitrogens is 1. The third-order valence-electron chi connectivity index (χ3n) is 2.66. The summed E-state index contributed by atoms with van der Waals surface area (Å²) in [6.45, 7) is 0.318. The van der Waals surface area contributed by atoms with E-state index in [0.717, 1.165) is 10.0 Å². The zero-order valence-corrected chi connectivity index (χ0v) is 13.0. The molecular formula is C14H12BrClN2O2. The van der Waals surface area contributed by atoms with Gasteiger partial charge in [0.25, 0.3) is 5.91 Å². The first-order valence-electron chi connectivity index (χ1n) is 5.83. The molecule has 0 bridgehead atoms. The van der Waals surface area contributed by atoms with E-state index in [1.165, 1.54) is 0 Å². The van der Waals surface area contributed by atoms with Crippen LogP contribution in [0.5, 0.6) is 5.88 Å². The molecule has 1 N–H and O–H groups in total. The van der Waals surface area contributed by atoms with E-state index in [4.69, 9.17) is 16.3 Å². The third kappa shape index (κ3) is 3.49. The zero-order chi connectivity index (χ0) is 14.5. The van der Waals surface area contributed by atoms with Gasteiger partial charge in [-0.15, -0.1) is 0 Å².